The number of allylic oxidation sites excluding steroid dienone is 2. The lowest BCUT2D eigenvalue weighted by Gasteiger charge is -2.34. The van der Waals surface area contributed by atoms with Gasteiger partial charge in [-0.15, -0.1) is 11.6 Å². The molecule has 0 saturated carbocycles. The number of benzene rings is 1. The fraction of sp³-hybridized carbons (Fsp3) is 0.250. The van der Waals surface area contributed by atoms with Crippen molar-refractivity contribution in [2.24, 2.45) is 5.41 Å². The molecule has 0 fully saturated rings. The van der Waals surface area contributed by atoms with Gasteiger partial charge in [-0.05, 0) is 18.1 Å². The molecule has 0 heterocycles. The molecule has 21 heavy (non-hydrogen) atoms. The topological polar surface area (TPSA) is 74.6 Å². The molecule has 0 spiro atoms. The minimum absolute atomic E-state index is 0.0704. The number of rotatable bonds is 4. The Morgan fingerprint density at radius 1 is 1.24 bits per heavy atom. The van der Waals surface area contributed by atoms with E-state index in [2.05, 4.69) is 0 Å². The lowest BCUT2D eigenvalue weighted by Crippen LogP contribution is -2.36. The van der Waals surface area contributed by atoms with Crippen LogP contribution in [0.4, 0.5) is 0 Å². The van der Waals surface area contributed by atoms with Gasteiger partial charge >= 0.3 is 11.9 Å². The molecule has 2 unspecified atom stereocenters. The third-order valence-corrected chi connectivity index (χ3v) is 4.11. The normalized spacial score (nSPS) is 24.5. The fourth-order valence-corrected chi connectivity index (χ4v) is 2.76. The molecule has 0 aromatic heterocycles. The van der Waals surface area contributed by atoms with Gasteiger partial charge < -0.3 is 10.2 Å². The summed E-state index contributed by atoms with van der Waals surface area (Å²) >= 11 is 5.74. The van der Waals surface area contributed by atoms with Gasteiger partial charge in [0, 0.05) is 17.4 Å². The first-order valence-corrected chi connectivity index (χ1v) is 6.94. The number of hydrogen-bond acceptors (Lipinski definition) is 2. The van der Waals surface area contributed by atoms with E-state index in [4.69, 9.17) is 11.6 Å². The van der Waals surface area contributed by atoms with Crippen LogP contribution in [0.5, 0.6) is 0 Å². The van der Waals surface area contributed by atoms with Crippen LogP contribution in [0.2, 0.25) is 0 Å². The van der Waals surface area contributed by atoms with Crippen LogP contribution in [0.1, 0.15) is 24.0 Å². The van der Waals surface area contributed by atoms with Gasteiger partial charge in [0.1, 0.15) is 0 Å². The summed E-state index contributed by atoms with van der Waals surface area (Å²) < 4.78 is 0. The van der Waals surface area contributed by atoms with Crippen molar-refractivity contribution in [3.05, 3.63) is 59.2 Å². The highest BCUT2D eigenvalue weighted by molar-refractivity contribution is 6.17. The zero-order chi connectivity index (χ0) is 15.6. The van der Waals surface area contributed by atoms with Crippen molar-refractivity contribution in [2.45, 2.75) is 18.7 Å². The Kier molecular flexibility index (Phi) is 4.19. The SMILES string of the molecule is CC1(C(=O)O)C=CC=C(C(=O)O)C1c1ccc(CCl)cc1. The zero-order valence-electron chi connectivity index (χ0n) is 11.4. The Hall–Kier alpha value is -2.07. The van der Waals surface area contributed by atoms with E-state index in [1.165, 1.54) is 25.2 Å². The standard InChI is InChI=1S/C16H15ClO4/c1-16(15(20)21)8-2-3-12(14(18)19)13(16)11-6-4-10(9-17)5-7-11/h2-8,13H,9H2,1H3,(H,18,19)(H,20,21). The lowest BCUT2D eigenvalue weighted by molar-refractivity contribution is -0.146. The summed E-state index contributed by atoms with van der Waals surface area (Å²) in [6.45, 7) is 1.53. The number of carboxylic acid groups (broad SMARTS) is 2. The van der Waals surface area contributed by atoms with Gasteiger partial charge in [0.15, 0.2) is 0 Å². The smallest absolute Gasteiger partial charge is 0.332 e. The van der Waals surface area contributed by atoms with Gasteiger partial charge in [0.05, 0.1) is 5.41 Å². The van der Waals surface area contributed by atoms with E-state index >= 15 is 0 Å². The van der Waals surface area contributed by atoms with Gasteiger partial charge in [-0.3, -0.25) is 4.79 Å². The number of hydrogen-bond donors (Lipinski definition) is 2. The minimum atomic E-state index is -1.30. The summed E-state index contributed by atoms with van der Waals surface area (Å²) in [5.74, 6) is -2.57. The van der Waals surface area contributed by atoms with Gasteiger partial charge in [-0.25, -0.2) is 4.79 Å². The first-order chi connectivity index (χ1) is 9.90. The number of carbonyl (C=O) groups is 2. The Balaban J connectivity index is 2.56. The van der Waals surface area contributed by atoms with Crippen LogP contribution in [0.3, 0.4) is 0 Å². The maximum atomic E-state index is 11.7. The Bertz CT molecular complexity index is 630. The quantitative estimate of drug-likeness (QED) is 0.838. The first kappa shape index (κ1) is 15.3. The molecular formula is C16H15ClO4. The van der Waals surface area contributed by atoms with Crippen molar-refractivity contribution >= 4 is 23.5 Å². The van der Waals surface area contributed by atoms with Crippen molar-refractivity contribution in [3.63, 3.8) is 0 Å². The van der Waals surface area contributed by atoms with Crippen molar-refractivity contribution in [2.75, 3.05) is 0 Å². The summed E-state index contributed by atoms with van der Waals surface area (Å²) in [5.41, 5.74) is 0.308. The highest BCUT2D eigenvalue weighted by atomic mass is 35.5. The molecular weight excluding hydrogens is 292 g/mol. The number of alkyl halides is 1. The van der Waals surface area contributed by atoms with E-state index < -0.39 is 23.3 Å². The van der Waals surface area contributed by atoms with Crippen molar-refractivity contribution in [3.8, 4) is 0 Å². The molecule has 1 aliphatic carbocycles. The molecule has 2 rings (SSSR count). The van der Waals surface area contributed by atoms with Crippen LogP contribution in [0, 0.1) is 5.41 Å². The summed E-state index contributed by atoms with van der Waals surface area (Å²) in [6.07, 6.45) is 4.47. The predicted octanol–water partition coefficient (Wildman–Crippen LogP) is 3.18. The minimum Gasteiger partial charge on any atom is -0.481 e. The first-order valence-electron chi connectivity index (χ1n) is 6.41. The molecule has 0 radical (unpaired) electrons. The van der Waals surface area contributed by atoms with Gasteiger partial charge in [-0.1, -0.05) is 42.5 Å². The monoisotopic (exact) mass is 306 g/mol. The van der Waals surface area contributed by atoms with E-state index in [0.717, 1.165) is 5.56 Å². The second kappa shape index (κ2) is 5.74. The molecule has 5 heteroatoms. The summed E-state index contributed by atoms with van der Waals surface area (Å²) in [4.78, 5) is 23.1. The molecule has 0 saturated heterocycles. The van der Waals surface area contributed by atoms with Crippen LogP contribution in [0.15, 0.2) is 48.1 Å². The van der Waals surface area contributed by atoms with Crippen molar-refractivity contribution < 1.29 is 19.8 Å². The molecule has 0 bridgehead atoms. The van der Waals surface area contributed by atoms with E-state index in [1.54, 1.807) is 24.3 Å². The Labute approximate surface area is 127 Å². The zero-order valence-corrected chi connectivity index (χ0v) is 12.2. The maximum absolute atomic E-state index is 11.7. The van der Waals surface area contributed by atoms with Gasteiger partial charge in [0.2, 0.25) is 0 Å². The van der Waals surface area contributed by atoms with Crippen LogP contribution in [0.25, 0.3) is 0 Å². The molecule has 0 amide bonds. The second-order valence-electron chi connectivity index (χ2n) is 5.18. The van der Waals surface area contributed by atoms with E-state index in [9.17, 15) is 19.8 Å². The average molecular weight is 307 g/mol. The molecule has 1 aliphatic rings. The summed E-state index contributed by atoms with van der Waals surface area (Å²) in [5, 5.41) is 18.9. The van der Waals surface area contributed by atoms with E-state index in [0.29, 0.717) is 11.4 Å². The Morgan fingerprint density at radius 3 is 2.33 bits per heavy atom. The van der Waals surface area contributed by atoms with Crippen molar-refractivity contribution in [1.29, 1.82) is 0 Å². The lowest BCUT2D eigenvalue weighted by atomic mass is 9.67. The fourth-order valence-electron chi connectivity index (χ4n) is 2.58. The summed E-state index contributed by atoms with van der Waals surface area (Å²) in [6, 6.07) is 7.03. The number of carboxylic acids is 2. The highest BCUT2D eigenvalue weighted by Gasteiger charge is 2.45. The second-order valence-corrected chi connectivity index (χ2v) is 5.45. The molecule has 0 aliphatic heterocycles. The number of aliphatic carboxylic acids is 2. The van der Waals surface area contributed by atoms with E-state index in [-0.39, 0.29) is 5.57 Å². The molecule has 1 aromatic rings. The molecule has 2 atom stereocenters. The third-order valence-electron chi connectivity index (χ3n) is 3.80. The largest absolute Gasteiger partial charge is 0.481 e. The average Bonchev–Trinajstić information content (AvgIpc) is 2.47. The maximum Gasteiger partial charge on any atom is 0.332 e. The molecule has 4 nitrogen and oxygen atoms in total. The van der Waals surface area contributed by atoms with Crippen LogP contribution < -0.4 is 0 Å². The molecule has 2 N–H and O–H groups in total. The molecule has 1 aromatic carbocycles. The predicted molar refractivity (Wildman–Crippen MR) is 79.3 cm³/mol. The number of halogens is 1. The van der Waals surface area contributed by atoms with Gasteiger partial charge in [0.25, 0.3) is 0 Å². The summed E-state index contributed by atoms with van der Waals surface area (Å²) in [7, 11) is 0. The van der Waals surface area contributed by atoms with Crippen LogP contribution in [-0.4, -0.2) is 22.2 Å². The third kappa shape index (κ3) is 2.72. The highest BCUT2D eigenvalue weighted by Crippen LogP contribution is 2.45. The van der Waals surface area contributed by atoms with Gasteiger partial charge in [-0.2, -0.15) is 0 Å². The van der Waals surface area contributed by atoms with Crippen LogP contribution >= 0.6 is 11.6 Å². The Morgan fingerprint density at radius 2 is 1.86 bits per heavy atom. The van der Waals surface area contributed by atoms with Crippen molar-refractivity contribution in [1.82, 2.24) is 0 Å². The van der Waals surface area contributed by atoms with E-state index in [1.807, 2.05) is 0 Å². The molecule has 110 valence electrons. The van der Waals surface area contributed by atoms with Crippen LogP contribution in [-0.2, 0) is 15.5 Å².